The average molecular weight is 212 g/mol. The average Bonchev–Trinajstić information content (AvgIpc) is 2.89. The van der Waals surface area contributed by atoms with Gasteiger partial charge in [0, 0.05) is 25.6 Å². The van der Waals surface area contributed by atoms with Crippen LogP contribution in [0, 0.1) is 11.8 Å². The van der Waals surface area contributed by atoms with Gasteiger partial charge in [-0.2, -0.15) is 0 Å². The number of hydrogen-bond donors (Lipinski definition) is 2. The van der Waals surface area contributed by atoms with Gasteiger partial charge in [-0.3, -0.25) is 4.79 Å². The number of amides is 2. The number of carbonyl (C=O) groups excluding carboxylic acids is 1. The highest BCUT2D eigenvalue weighted by Gasteiger charge is 2.32. The maximum atomic E-state index is 11.5. The number of nitrogens with zero attached hydrogens (tertiary/aromatic N) is 1. The normalized spacial score (nSPS) is 20.9. The quantitative estimate of drug-likeness (QED) is 0.713. The van der Waals surface area contributed by atoms with Crippen molar-refractivity contribution in [1.82, 2.24) is 10.2 Å². The van der Waals surface area contributed by atoms with Gasteiger partial charge in [-0.1, -0.05) is 0 Å². The Balaban J connectivity index is 1.60. The van der Waals surface area contributed by atoms with E-state index in [4.69, 9.17) is 5.11 Å². The van der Waals surface area contributed by atoms with Gasteiger partial charge >= 0.3 is 12.0 Å². The van der Waals surface area contributed by atoms with Gasteiger partial charge in [-0.15, -0.1) is 0 Å². The summed E-state index contributed by atoms with van der Waals surface area (Å²) < 4.78 is 0. The number of urea groups is 1. The number of rotatable bonds is 4. The van der Waals surface area contributed by atoms with Crippen molar-refractivity contribution in [2.24, 2.45) is 11.8 Å². The number of carboxylic acid groups (broad SMARTS) is 1. The third-order valence-corrected chi connectivity index (χ3v) is 2.95. The van der Waals surface area contributed by atoms with Crippen molar-refractivity contribution in [3.05, 3.63) is 0 Å². The van der Waals surface area contributed by atoms with Gasteiger partial charge in [0.2, 0.25) is 0 Å². The lowest BCUT2D eigenvalue weighted by Crippen LogP contribution is -2.54. The van der Waals surface area contributed by atoms with Crippen LogP contribution in [0.15, 0.2) is 0 Å². The van der Waals surface area contributed by atoms with Crippen molar-refractivity contribution in [2.75, 3.05) is 19.6 Å². The van der Waals surface area contributed by atoms with Crippen molar-refractivity contribution in [1.29, 1.82) is 0 Å². The second kappa shape index (κ2) is 4.08. The second-order valence-electron chi connectivity index (χ2n) is 4.50. The first kappa shape index (κ1) is 10.3. The molecule has 1 heterocycles. The van der Waals surface area contributed by atoms with Crippen molar-refractivity contribution >= 4 is 12.0 Å². The number of likely N-dealkylation sites (tertiary alicyclic amines) is 1. The first-order valence-electron chi connectivity index (χ1n) is 5.39. The molecule has 0 aromatic heterocycles. The molecule has 0 aromatic carbocycles. The van der Waals surface area contributed by atoms with Gasteiger partial charge in [-0.25, -0.2) is 4.79 Å². The number of aliphatic carboxylic acids is 1. The lowest BCUT2D eigenvalue weighted by Gasteiger charge is -2.38. The topological polar surface area (TPSA) is 69.6 Å². The standard InChI is InChI=1S/C10H16N2O3/c13-9(14)3-8-5-12(6-8)10(15)11-4-7-1-2-7/h7-8H,1-6H2,(H,11,15)(H,13,14). The smallest absolute Gasteiger partial charge is 0.317 e. The monoisotopic (exact) mass is 212 g/mol. The minimum absolute atomic E-state index is 0.0384. The molecule has 0 atom stereocenters. The number of nitrogens with one attached hydrogen (secondary N) is 1. The molecule has 1 aliphatic carbocycles. The first-order valence-corrected chi connectivity index (χ1v) is 5.39. The van der Waals surface area contributed by atoms with E-state index in [1.807, 2.05) is 0 Å². The highest BCUT2D eigenvalue weighted by Crippen LogP contribution is 2.27. The Kier molecular flexibility index (Phi) is 2.79. The van der Waals surface area contributed by atoms with Crippen molar-refractivity contribution < 1.29 is 14.7 Å². The molecule has 1 saturated carbocycles. The number of carbonyl (C=O) groups is 2. The van der Waals surface area contributed by atoms with E-state index in [0.717, 1.165) is 6.54 Å². The van der Waals surface area contributed by atoms with Crippen LogP contribution in [0.4, 0.5) is 4.79 Å². The minimum Gasteiger partial charge on any atom is -0.481 e. The molecule has 0 radical (unpaired) electrons. The lowest BCUT2D eigenvalue weighted by atomic mass is 9.97. The predicted octanol–water partition coefficient (Wildman–Crippen LogP) is 0.512. The van der Waals surface area contributed by atoms with E-state index in [1.165, 1.54) is 12.8 Å². The largest absolute Gasteiger partial charge is 0.481 e. The molecule has 15 heavy (non-hydrogen) atoms. The van der Waals surface area contributed by atoms with Gasteiger partial charge in [0.1, 0.15) is 0 Å². The second-order valence-corrected chi connectivity index (χ2v) is 4.50. The van der Waals surface area contributed by atoms with Crippen molar-refractivity contribution in [3.8, 4) is 0 Å². The molecule has 5 nitrogen and oxygen atoms in total. The maximum Gasteiger partial charge on any atom is 0.317 e. The van der Waals surface area contributed by atoms with E-state index >= 15 is 0 Å². The molecule has 0 bridgehead atoms. The van der Waals surface area contributed by atoms with Crippen LogP contribution < -0.4 is 5.32 Å². The zero-order valence-electron chi connectivity index (χ0n) is 8.61. The van der Waals surface area contributed by atoms with E-state index < -0.39 is 5.97 Å². The SMILES string of the molecule is O=C(O)CC1CN(C(=O)NCC2CC2)C1. The Bertz CT molecular complexity index is 270. The molecule has 2 rings (SSSR count). The Morgan fingerprint density at radius 2 is 1.93 bits per heavy atom. The Morgan fingerprint density at radius 3 is 2.47 bits per heavy atom. The van der Waals surface area contributed by atoms with Gasteiger partial charge in [0.15, 0.2) is 0 Å². The molecule has 84 valence electrons. The molecule has 5 heteroatoms. The van der Waals surface area contributed by atoms with Crippen LogP contribution in [0.25, 0.3) is 0 Å². The number of hydrogen-bond acceptors (Lipinski definition) is 2. The van der Waals surface area contributed by atoms with Gasteiger partial charge in [0.25, 0.3) is 0 Å². The summed E-state index contributed by atoms with van der Waals surface area (Å²) in [6.07, 6.45) is 2.62. The lowest BCUT2D eigenvalue weighted by molar-refractivity contribution is -0.139. The Morgan fingerprint density at radius 1 is 1.27 bits per heavy atom. The molecule has 2 amide bonds. The molecule has 0 unspecified atom stereocenters. The fraction of sp³-hybridized carbons (Fsp3) is 0.800. The van der Waals surface area contributed by atoms with Crippen molar-refractivity contribution in [3.63, 3.8) is 0 Å². The van der Waals surface area contributed by atoms with E-state index in [9.17, 15) is 9.59 Å². The summed E-state index contributed by atoms with van der Waals surface area (Å²) >= 11 is 0. The highest BCUT2D eigenvalue weighted by atomic mass is 16.4. The molecule has 0 aromatic rings. The van der Waals surface area contributed by atoms with E-state index in [-0.39, 0.29) is 18.4 Å². The Hall–Kier alpha value is -1.26. The molecule has 1 saturated heterocycles. The summed E-state index contributed by atoms with van der Waals surface area (Å²) in [7, 11) is 0. The van der Waals surface area contributed by atoms with Gasteiger partial charge < -0.3 is 15.3 Å². The van der Waals surface area contributed by atoms with E-state index in [0.29, 0.717) is 19.0 Å². The van der Waals surface area contributed by atoms with Crippen LogP contribution in [0.5, 0.6) is 0 Å². The molecule has 0 spiro atoms. The van der Waals surface area contributed by atoms with E-state index in [2.05, 4.69) is 5.32 Å². The van der Waals surface area contributed by atoms with Crippen LogP contribution in [0.1, 0.15) is 19.3 Å². The van der Waals surface area contributed by atoms with Gasteiger partial charge in [0.05, 0.1) is 6.42 Å². The fourth-order valence-electron chi connectivity index (χ4n) is 1.78. The molecule has 1 aliphatic heterocycles. The Labute approximate surface area is 88.4 Å². The van der Waals surface area contributed by atoms with Crippen LogP contribution in [0.2, 0.25) is 0 Å². The van der Waals surface area contributed by atoms with Crippen molar-refractivity contribution in [2.45, 2.75) is 19.3 Å². The van der Waals surface area contributed by atoms with Crippen LogP contribution in [-0.2, 0) is 4.79 Å². The maximum absolute atomic E-state index is 11.5. The third kappa shape index (κ3) is 2.84. The minimum atomic E-state index is -0.780. The van der Waals surface area contributed by atoms with Gasteiger partial charge in [-0.05, 0) is 18.8 Å². The molecule has 2 fully saturated rings. The highest BCUT2D eigenvalue weighted by molar-refractivity contribution is 5.75. The zero-order valence-corrected chi connectivity index (χ0v) is 8.61. The molecule has 2 aliphatic rings. The fourth-order valence-corrected chi connectivity index (χ4v) is 1.78. The molecular weight excluding hydrogens is 196 g/mol. The summed E-state index contributed by atoms with van der Waals surface area (Å²) in [5.74, 6) is 0.0530. The predicted molar refractivity (Wildman–Crippen MR) is 53.4 cm³/mol. The summed E-state index contributed by atoms with van der Waals surface area (Å²) in [4.78, 5) is 23.5. The first-order chi connectivity index (χ1) is 7.15. The van der Waals surface area contributed by atoms with Crippen LogP contribution in [-0.4, -0.2) is 41.6 Å². The van der Waals surface area contributed by atoms with E-state index in [1.54, 1.807) is 4.90 Å². The van der Waals surface area contributed by atoms with Crippen LogP contribution in [0.3, 0.4) is 0 Å². The van der Waals surface area contributed by atoms with Crippen LogP contribution >= 0.6 is 0 Å². The summed E-state index contributed by atoms with van der Waals surface area (Å²) in [5, 5.41) is 11.4. The summed E-state index contributed by atoms with van der Waals surface area (Å²) in [6.45, 7) is 1.95. The summed E-state index contributed by atoms with van der Waals surface area (Å²) in [5.41, 5.74) is 0. The third-order valence-electron chi connectivity index (χ3n) is 2.95. The zero-order chi connectivity index (χ0) is 10.8. The molecule has 2 N–H and O–H groups in total. The summed E-state index contributed by atoms with van der Waals surface area (Å²) in [6, 6.07) is -0.0384. The number of carboxylic acids is 1. The molecular formula is C10H16N2O3.